The third-order valence-corrected chi connectivity index (χ3v) is 4.04. The molecule has 1 aromatic carbocycles. The number of hydrogen-bond acceptors (Lipinski definition) is 4. The van der Waals surface area contributed by atoms with E-state index in [-0.39, 0.29) is 23.7 Å². The highest BCUT2D eigenvalue weighted by atomic mass is 19.4. The van der Waals surface area contributed by atoms with E-state index >= 15 is 0 Å². The van der Waals surface area contributed by atoms with Crippen LogP contribution in [-0.2, 0) is 17.5 Å². The van der Waals surface area contributed by atoms with E-state index in [2.05, 4.69) is 10.2 Å². The van der Waals surface area contributed by atoms with Crippen molar-refractivity contribution in [1.82, 2.24) is 14.6 Å². The van der Waals surface area contributed by atoms with E-state index in [0.717, 1.165) is 12.1 Å². The number of pyridine rings is 1. The normalized spacial score (nSPS) is 13.1. The molecule has 150 valence electrons. The molecule has 0 saturated carbocycles. The third-order valence-electron chi connectivity index (χ3n) is 4.04. The number of benzene rings is 1. The van der Waals surface area contributed by atoms with E-state index in [1.165, 1.54) is 23.6 Å². The van der Waals surface area contributed by atoms with Gasteiger partial charge in [0.25, 0.3) is 0 Å². The van der Waals surface area contributed by atoms with Crippen LogP contribution in [0.25, 0.3) is 5.65 Å². The van der Waals surface area contributed by atoms with Crippen molar-refractivity contribution >= 4 is 5.65 Å². The van der Waals surface area contributed by atoms with E-state index in [1.54, 1.807) is 6.92 Å². The predicted molar refractivity (Wildman–Crippen MR) is 88.7 cm³/mol. The van der Waals surface area contributed by atoms with Crippen LogP contribution in [0.2, 0.25) is 0 Å². The second-order valence-corrected chi connectivity index (χ2v) is 5.93. The molecule has 10 heteroatoms. The lowest BCUT2D eigenvalue weighted by Crippen LogP contribution is -2.16. The van der Waals surface area contributed by atoms with Crippen LogP contribution in [0.15, 0.2) is 30.5 Å². The van der Waals surface area contributed by atoms with Gasteiger partial charge >= 0.3 is 6.18 Å². The number of rotatable bonds is 6. The van der Waals surface area contributed by atoms with E-state index in [4.69, 9.17) is 9.47 Å². The van der Waals surface area contributed by atoms with Crippen LogP contribution in [-0.4, -0.2) is 21.2 Å². The molecule has 0 radical (unpaired) electrons. The molecule has 2 heterocycles. The zero-order chi connectivity index (χ0) is 20.5. The van der Waals surface area contributed by atoms with Crippen molar-refractivity contribution < 1.29 is 31.4 Å². The van der Waals surface area contributed by atoms with Crippen LogP contribution in [0.1, 0.15) is 36.9 Å². The minimum absolute atomic E-state index is 0.00115. The highest BCUT2D eigenvalue weighted by molar-refractivity contribution is 5.54. The average molecular weight is 401 g/mol. The molecule has 0 unspecified atom stereocenters. The number of halogens is 5. The molecule has 1 atom stereocenters. The summed E-state index contributed by atoms with van der Waals surface area (Å²) in [7, 11) is 0. The molecule has 0 N–H and O–H groups in total. The lowest BCUT2D eigenvalue weighted by atomic mass is 10.0. The van der Waals surface area contributed by atoms with Gasteiger partial charge in [0, 0.05) is 24.4 Å². The lowest BCUT2D eigenvalue weighted by molar-refractivity contribution is -0.138. The summed E-state index contributed by atoms with van der Waals surface area (Å²) in [5, 5.41) is 7.41. The predicted octanol–water partition coefficient (Wildman–Crippen LogP) is 4.70. The van der Waals surface area contributed by atoms with Crippen molar-refractivity contribution in [2.24, 2.45) is 0 Å². The highest BCUT2D eigenvalue weighted by Gasteiger charge is 2.39. The first-order valence-electron chi connectivity index (χ1n) is 8.35. The number of nitrogens with zero attached hydrogens (tertiary/aromatic N) is 3. The van der Waals surface area contributed by atoms with Crippen LogP contribution in [0.4, 0.5) is 22.0 Å². The molecule has 0 saturated heterocycles. The minimum Gasteiger partial charge on any atom is -0.483 e. The maximum absolute atomic E-state index is 13.8. The van der Waals surface area contributed by atoms with Gasteiger partial charge in [0.05, 0.1) is 0 Å². The van der Waals surface area contributed by atoms with Gasteiger partial charge < -0.3 is 9.47 Å². The number of hydrogen-bond donors (Lipinski definition) is 0. The average Bonchev–Trinajstić information content (AvgIpc) is 3.03. The molecule has 0 spiro atoms. The van der Waals surface area contributed by atoms with Gasteiger partial charge in [-0.1, -0.05) is 0 Å². The molecular formula is C18H16F5N3O2. The lowest BCUT2D eigenvalue weighted by Gasteiger charge is -2.20. The smallest absolute Gasteiger partial charge is 0.420 e. The van der Waals surface area contributed by atoms with Gasteiger partial charge in [-0.15, -0.1) is 10.2 Å². The summed E-state index contributed by atoms with van der Waals surface area (Å²) in [4.78, 5) is 0. The van der Waals surface area contributed by atoms with Crippen molar-refractivity contribution in [2.75, 3.05) is 6.61 Å². The van der Waals surface area contributed by atoms with Gasteiger partial charge in [0.15, 0.2) is 23.0 Å². The summed E-state index contributed by atoms with van der Waals surface area (Å²) in [6.07, 6.45) is -4.57. The molecule has 0 aliphatic rings. The van der Waals surface area contributed by atoms with Crippen LogP contribution < -0.4 is 4.74 Å². The maximum atomic E-state index is 13.8. The van der Waals surface area contributed by atoms with E-state index in [1.807, 2.05) is 0 Å². The Morgan fingerprint density at radius 1 is 1.14 bits per heavy atom. The first-order chi connectivity index (χ1) is 13.2. The van der Waals surface area contributed by atoms with Crippen LogP contribution in [0, 0.1) is 11.6 Å². The summed E-state index contributed by atoms with van der Waals surface area (Å²) in [5.41, 5.74) is -1.70. The first kappa shape index (κ1) is 20.0. The van der Waals surface area contributed by atoms with E-state index in [9.17, 15) is 22.0 Å². The fourth-order valence-electron chi connectivity index (χ4n) is 2.76. The van der Waals surface area contributed by atoms with Gasteiger partial charge in [-0.25, -0.2) is 8.78 Å². The second kappa shape index (κ2) is 7.70. The van der Waals surface area contributed by atoms with Gasteiger partial charge in [-0.3, -0.25) is 4.40 Å². The number of fused-ring (bicyclic) bond motifs is 1. The molecule has 2 aromatic heterocycles. The molecule has 0 fully saturated rings. The molecule has 5 nitrogen and oxygen atoms in total. The summed E-state index contributed by atoms with van der Waals surface area (Å²) >= 11 is 0. The largest absolute Gasteiger partial charge is 0.483 e. The fourth-order valence-corrected chi connectivity index (χ4v) is 2.76. The summed E-state index contributed by atoms with van der Waals surface area (Å²) in [5.74, 6) is -1.98. The molecule has 3 rings (SSSR count). The molecule has 0 aliphatic heterocycles. The van der Waals surface area contributed by atoms with E-state index in [0.29, 0.717) is 12.7 Å². The summed E-state index contributed by atoms with van der Waals surface area (Å²) in [6.45, 7) is 3.45. The second-order valence-electron chi connectivity index (χ2n) is 5.93. The molecule has 0 aliphatic carbocycles. The highest BCUT2D eigenvalue weighted by Crippen LogP contribution is 2.38. The van der Waals surface area contributed by atoms with Gasteiger partial charge in [-0.05, 0) is 32.0 Å². The Balaban J connectivity index is 2.04. The summed E-state index contributed by atoms with van der Waals surface area (Å²) in [6, 6.07) is 3.77. The minimum atomic E-state index is -4.76. The molecule has 28 heavy (non-hydrogen) atoms. The van der Waals surface area contributed by atoms with Crippen molar-refractivity contribution in [2.45, 2.75) is 32.7 Å². The van der Waals surface area contributed by atoms with Crippen molar-refractivity contribution in [3.8, 4) is 5.75 Å². The quantitative estimate of drug-likeness (QED) is 0.562. The number of aromatic nitrogens is 3. The number of ether oxygens (including phenoxy) is 2. The van der Waals surface area contributed by atoms with Crippen LogP contribution in [0.3, 0.4) is 0 Å². The number of alkyl halides is 3. The zero-order valence-corrected chi connectivity index (χ0v) is 14.9. The fraction of sp³-hybridized carbons (Fsp3) is 0.333. The zero-order valence-electron chi connectivity index (χ0n) is 14.9. The summed E-state index contributed by atoms with van der Waals surface area (Å²) < 4.78 is 79.9. The van der Waals surface area contributed by atoms with Crippen molar-refractivity contribution in [3.63, 3.8) is 0 Å². The Kier molecular flexibility index (Phi) is 5.50. The third kappa shape index (κ3) is 3.91. The van der Waals surface area contributed by atoms with Crippen LogP contribution in [0.5, 0.6) is 5.75 Å². The van der Waals surface area contributed by atoms with E-state index < -0.39 is 35.1 Å². The van der Waals surface area contributed by atoms with Crippen molar-refractivity contribution in [1.29, 1.82) is 0 Å². The maximum Gasteiger partial charge on any atom is 0.420 e. The SMILES string of the molecule is CCOCc1nnc2c(C(F)(F)F)c([C@@H](C)Oc3ccc(F)cc3F)ccn12. The Morgan fingerprint density at radius 3 is 2.54 bits per heavy atom. The van der Waals surface area contributed by atoms with Crippen LogP contribution >= 0.6 is 0 Å². The van der Waals surface area contributed by atoms with Gasteiger partial charge in [0.2, 0.25) is 0 Å². The molecular weight excluding hydrogens is 385 g/mol. The topological polar surface area (TPSA) is 48.7 Å². The Bertz CT molecular complexity index is 987. The monoisotopic (exact) mass is 401 g/mol. The first-order valence-corrected chi connectivity index (χ1v) is 8.35. The standard InChI is InChI=1S/C18H16F5N3O2/c1-3-27-9-15-24-25-17-16(18(21,22)23)12(6-7-26(15)17)10(2)28-14-5-4-11(19)8-13(14)20/h4-8,10H,3,9H2,1-2H3/t10-/m1/s1. The Labute approximate surface area is 156 Å². The van der Waals surface area contributed by atoms with Gasteiger partial charge in [-0.2, -0.15) is 13.2 Å². The molecule has 0 bridgehead atoms. The van der Waals surface area contributed by atoms with Crippen molar-refractivity contribution in [3.05, 3.63) is 59.0 Å². The van der Waals surface area contributed by atoms with Gasteiger partial charge in [0.1, 0.15) is 24.1 Å². The molecule has 3 aromatic rings. The molecule has 0 amide bonds. The Morgan fingerprint density at radius 2 is 1.89 bits per heavy atom. The Hall–Kier alpha value is -2.75.